The Kier molecular flexibility index (Phi) is 7.01. The van der Waals surface area contributed by atoms with Crippen LogP contribution in [0.25, 0.3) is 0 Å². The van der Waals surface area contributed by atoms with Gasteiger partial charge >= 0.3 is 5.97 Å². The predicted octanol–water partition coefficient (Wildman–Crippen LogP) is -0.267. The second-order valence-electron chi connectivity index (χ2n) is 9.34. The van der Waals surface area contributed by atoms with E-state index >= 15 is 0 Å². The van der Waals surface area contributed by atoms with Crippen LogP contribution in [0.5, 0.6) is 0 Å². The Morgan fingerprint density at radius 1 is 1.27 bits per heavy atom. The summed E-state index contributed by atoms with van der Waals surface area (Å²) in [5, 5.41) is 25.7. The van der Waals surface area contributed by atoms with Crippen LogP contribution in [0.1, 0.15) is 39.5 Å². The minimum atomic E-state index is -1.15. The first-order valence-electron chi connectivity index (χ1n) is 11.6. The molecule has 4 aliphatic rings. The van der Waals surface area contributed by atoms with Crippen molar-refractivity contribution >= 4 is 35.5 Å². The number of carboxylic acids is 1. The van der Waals surface area contributed by atoms with Gasteiger partial charge in [-0.3, -0.25) is 14.4 Å². The van der Waals surface area contributed by atoms with Crippen molar-refractivity contribution in [1.82, 2.24) is 20.4 Å². The third-order valence-electron chi connectivity index (χ3n) is 7.11. The second-order valence-corrected chi connectivity index (χ2v) is 10.7. The van der Waals surface area contributed by atoms with Crippen LogP contribution in [-0.2, 0) is 19.2 Å². The number of aliphatic hydroxyl groups excluding tert-OH is 1. The minimum absolute atomic E-state index is 0.00715. The first-order chi connectivity index (χ1) is 15.7. The van der Waals surface area contributed by atoms with Crippen LogP contribution in [0.3, 0.4) is 0 Å². The normalized spacial score (nSPS) is 32.1. The number of carboxylic acid groups (broad SMARTS) is 1. The summed E-state index contributed by atoms with van der Waals surface area (Å²) >= 11 is 1.41. The van der Waals surface area contributed by atoms with Crippen molar-refractivity contribution in [3.63, 3.8) is 0 Å². The molecule has 0 bridgehead atoms. The van der Waals surface area contributed by atoms with E-state index in [2.05, 4.69) is 10.6 Å². The quantitative estimate of drug-likeness (QED) is 0.348. The third-order valence-corrected chi connectivity index (χ3v) is 8.62. The zero-order chi connectivity index (χ0) is 23.9. The highest BCUT2D eigenvalue weighted by Gasteiger charge is 2.60. The Morgan fingerprint density at radius 3 is 2.61 bits per heavy atom. The highest BCUT2D eigenvalue weighted by molar-refractivity contribution is 8.03. The number of hydrogen-bond acceptors (Lipinski definition) is 7. The van der Waals surface area contributed by atoms with E-state index in [1.165, 1.54) is 16.7 Å². The maximum absolute atomic E-state index is 12.5. The molecular weight excluding hydrogens is 448 g/mol. The van der Waals surface area contributed by atoms with Crippen LogP contribution in [0.2, 0.25) is 0 Å². The fourth-order valence-corrected chi connectivity index (χ4v) is 6.87. The van der Waals surface area contributed by atoms with Crippen molar-refractivity contribution in [1.29, 1.82) is 0 Å². The van der Waals surface area contributed by atoms with Crippen LogP contribution >= 0.6 is 11.8 Å². The summed E-state index contributed by atoms with van der Waals surface area (Å²) in [5.74, 6) is -2.36. The van der Waals surface area contributed by atoms with Crippen LogP contribution < -0.4 is 10.6 Å². The number of nitrogens with one attached hydrogen (secondary N) is 2. The van der Waals surface area contributed by atoms with E-state index in [-0.39, 0.29) is 40.6 Å². The molecule has 4 heterocycles. The van der Waals surface area contributed by atoms with E-state index in [1.807, 2.05) is 11.8 Å². The minimum Gasteiger partial charge on any atom is -0.477 e. The van der Waals surface area contributed by atoms with Gasteiger partial charge in [0.25, 0.3) is 0 Å². The Bertz CT molecular complexity index is 871. The average molecular weight is 481 g/mol. The largest absolute Gasteiger partial charge is 0.477 e. The number of carbonyl (C=O) groups is 4. The van der Waals surface area contributed by atoms with Gasteiger partial charge in [-0.25, -0.2) is 4.79 Å². The molecule has 11 heteroatoms. The lowest BCUT2D eigenvalue weighted by Gasteiger charge is -2.46. The van der Waals surface area contributed by atoms with Gasteiger partial charge in [-0.15, -0.1) is 11.8 Å². The first kappa shape index (κ1) is 24.0. The van der Waals surface area contributed by atoms with Crippen LogP contribution in [-0.4, -0.2) is 93.3 Å². The molecule has 0 saturated carbocycles. The van der Waals surface area contributed by atoms with Crippen molar-refractivity contribution in [2.45, 2.75) is 63.0 Å². The lowest BCUT2D eigenvalue weighted by atomic mass is 9.79. The molecule has 4 rings (SSSR count). The standard InChI is InChI=1S/C22H32N4O6S/c1-11-17-16(12(2)27)21(30)26(17)18(22(31)32)19(11)33-13-9-14(24-10-13)20(29)23-6-5-15(28)25-7-3-4-8-25/h11-14,16-17,24,27H,3-10H2,1-2H3,(H,23,29)(H,31,32)/t11-,12-,13+,14+,16-,17-/m1/s1. The number of nitrogens with zero attached hydrogens (tertiary/aromatic N) is 2. The maximum atomic E-state index is 12.5. The van der Waals surface area contributed by atoms with E-state index in [1.54, 1.807) is 6.92 Å². The van der Waals surface area contributed by atoms with Gasteiger partial charge in [0.2, 0.25) is 17.7 Å². The van der Waals surface area contributed by atoms with Gasteiger partial charge in [-0.1, -0.05) is 6.92 Å². The van der Waals surface area contributed by atoms with E-state index in [4.69, 9.17) is 0 Å². The van der Waals surface area contributed by atoms with Crippen LogP contribution in [0.4, 0.5) is 0 Å². The SMILES string of the molecule is C[C@@H](O)[C@H]1C(=O)N2C(C(=O)O)=C(S[C@@H]3CN[C@H](C(=O)NCCC(=O)N4CCCC4)C3)[C@H](C)[C@H]12. The topological polar surface area (TPSA) is 139 Å². The molecule has 10 nitrogen and oxygen atoms in total. The van der Waals surface area contributed by atoms with Gasteiger partial charge in [0.1, 0.15) is 5.70 Å². The molecule has 6 atom stereocenters. The molecule has 182 valence electrons. The Morgan fingerprint density at radius 2 is 1.97 bits per heavy atom. The lowest BCUT2D eigenvalue weighted by molar-refractivity contribution is -0.163. The number of likely N-dealkylation sites (tertiary alicyclic amines) is 1. The van der Waals surface area contributed by atoms with E-state index in [9.17, 15) is 29.4 Å². The summed E-state index contributed by atoms with van der Waals surface area (Å²) in [7, 11) is 0. The number of rotatable bonds is 8. The number of aliphatic carboxylic acids is 1. The van der Waals surface area contributed by atoms with Gasteiger partial charge in [0, 0.05) is 48.7 Å². The molecule has 0 spiro atoms. The first-order valence-corrected chi connectivity index (χ1v) is 12.5. The summed E-state index contributed by atoms with van der Waals surface area (Å²) in [6, 6.07) is -0.744. The maximum Gasteiger partial charge on any atom is 0.353 e. The molecule has 0 aromatic carbocycles. The van der Waals surface area contributed by atoms with E-state index in [0.29, 0.717) is 30.8 Å². The molecule has 4 aliphatic heterocycles. The number of carbonyl (C=O) groups excluding carboxylic acids is 3. The van der Waals surface area contributed by atoms with Crippen molar-refractivity contribution in [3.05, 3.63) is 10.6 Å². The zero-order valence-corrected chi connectivity index (χ0v) is 19.8. The average Bonchev–Trinajstić information content (AvgIpc) is 3.48. The van der Waals surface area contributed by atoms with Gasteiger partial charge in [0.05, 0.1) is 24.1 Å². The van der Waals surface area contributed by atoms with E-state index in [0.717, 1.165) is 25.9 Å². The Hall–Kier alpha value is -2.11. The van der Waals surface area contributed by atoms with Crippen LogP contribution in [0, 0.1) is 11.8 Å². The number of aliphatic hydroxyl groups is 1. The predicted molar refractivity (Wildman–Crippen MR) is 121 cm³/mol. The lowest BCUT2D eigenvalue weighted by Crippen LogP contribution is -2.63. The Balaban J connectivity index is 1.31. The van der Waals surface area contributed by atoms with Gasteiger partial charge < -0.3 is 30.6 Å². The molecular formula is C22H32N4O6S. The monoisotopic (exact) mass is 480 g/mol. The number of β-lactam (4-membered cyclic amide) rings is 1. The van der Waals surface area contributed by atoms with E-state index < -0.39 is 24.0 Å². The molecule has 0 aliphatic carbocycles. The third kappa shape index (κ3) is 4.50. The van der Waals surface area contributed by atoms with Crippen molar-refractivity contribution in [3.8, 4) is 0 Å². The van der Waals surface area contributed by atoms with Crippen molar-refractivity contribution in [2.24, 2.45) is 11.8 Å². The summed E-state index contributed by atoms with van der Waals surface area (Å²) in [6.45, 7) is 5.88. The Labute approximate surface area is 197 Å². The highest BCUT2D eigenvalue weighted by atomic mass is 32.2. The molecule has 0 radical (unpaired) electrons. The molecule has 4 N–H and O–H groups in total. The molecule has 3 saturated heterocycles. The second kappa shape index (κ2) is 9.63. The fourth-order valence-electron chi connectivity index (χ4n) is 5.39. The molecule has 3 amide bonds. The van der Waals surface area contributed by atoms with Gasteiger partial charge in [-0.05, 0) is 26.2 Å². The number of amides is 3. The van der Waals surface area contributed by atoms with Gasteiger partial charge in [-0.2, -0.15) is 0 Å². The van der Waals surface area contributed by atoms with Gasteiger partial charge in [0.15, 0.2) is 0 Å². The molecule has 0 aromatic rings. The molecule has 0 aromatic heterocycles. The summed E-state index contributed by atoms with van der Waals surface area (Å²) < 4.78 is 0. The number of fused-ring (bicyclic) bond motifs is 1. The van der Waals surface area contributed by atoms with Crippen LogP contribution in [0.15, 0.2) is 10.6 Å². The summed E-state index contributed by atoms with van der Waals surface area (Å²) in [6.07, 6.45) is 2.05. The smallest absolute Gasteiger partial charge is 0.353 e. The summed E-state index contributed by atoms with van der Waals surface area (Å²) in [4.78, 5) is 52.9. The number of hydrogen-bond donors (Lipinski definition) is 4. The van der Waals surface area contributed by atoms with Crippen molar-refractivity contribution in [2.75, 3.05) is 26.2 Å². The molecule has 33 heavy (non-hydrogen) atoms. The number of thioether (sulfide) groups is 1. The summed E-state index contributed by atoms with van der Waals surface area (Å²) in [5.41, 5.74) is 0.00715. The molecule has 3 fully saturated rings. The molecule has 0 unspecified atom stereocenters. The zero-order valence-electron chi connectivity index (χ0n) is 19.0. The fraction of sp³-hybridized carbons (Fsp3) is 0.727. The van der Waals surface area contributed by atoms with Crippen molar-refractivity contribution < 1.29 is 29.4 Å². The highest BCUT2D eigenvalue weighted by Crippen LogP contribution is 2.51.